The number of aromatic nitrogens is 2. The van der Waals surface area contributed by atoms with Crippen LogP contribution < -0.4 is 5.32 Å². The molecule has 3 atom stereocenters. The Morgan fingerprint density at radius 3 is 2.89 bits per heavy atom. The van der Waals surface area contributed by atoms with Gasteiger partial charge in [-0.1, -0.05) is 25.2 Å². The fourth-order valence-corrected chi connectivity index (χ4v) is 4.03. The molecule has 1 aliphatic carbocycles. The molecule has 19 heavy (non-hydrogen) atoms. The zero-order valence-electron chi connectivity index (χ0n) is 11.3. The van der Waals surface area contributed by atoms with Gasteiger partial charge in [-0.05, 0) is 13.3 Å². The molecular formula is C12H18N4O2S. The van der Waals surface area contributed by atoms with Crippen LogP contribution in [0.3, 0.4) is 0 Å². The number of nitrogens with zero attached hydrogens (tertiary/aromatic N) is 3. The average molecular weight is 282 g/mol. The third kappa shape index (κ3) is 1.83. The second-order valence-corrected chi connectivity index (χ2v) is 7.09. The van der Waals surface area contributed by atoms with E-state index in [2.05, 4.69) is 15.5 Å². The van der Waals surface area contributed by atoms with Gasteiger partial charge in [0, 0.05) is 23.9 Å². The van der Waals surface area contributed by atoms with E-state index >= 15 is 0 Å². The first-order chi connectivity index (χ1) is 8.91. The zero-order chi connectivity index (χ0) is 13.8. The minimum absolute atomic E-state index is 0.122. The summed E-state index contributed by atoms with van der Waals surface area (Å²) in [6, 6.07) is -0.0138. The third-order valence-corrected chi connectivity index (χ3v) is 5.13. The SMILES string of the molecule is Cc1nnc(NC(=O)N2CC[C@@H]3[C@@H](O)C(C)(C)[C@@H]32)s1. The van der Waals surface area contributed by atoms with Gasteiger partial charge in [-0.3, -0.25) is 5.32 Å². The quantitative estimate of drug-likeness (QED) is 0.817. The summed E-state index contributed by atoms with van der Waals surface area (Å²) in [5.41, 5.74) is -0.227. The van der Waals surface area contributed by atoms with E-state index in [-0.39, 0.29) is 29.5 Å². The van der Waals surface area contributed by atoms with Gasteiger partial charge in [-0.15, -0.1) is 10.2 Å². The van der Waals surface area contributed by atoms with Crippen molar-refractivity contribution in [2.75, 3.05) is 11.9 Å². The number of aryl methyl sites for hydroxylation is 1. The normalized spacial score (nSPS) is 31.8. The average Bonchev–Trinajstić information content (AvgIpc) is 2.94. The Balaban J connectivity index is 1.71. The lowest BCUT2D eigenvalue weighted by molar-refractivity contribution is -0.134. The highest BCUT2D eigenvalue weighted by atomic mass is 32.1. The number of likely N-dealkylation sites (tertiary alicyclic amines) is 1. The van der Waals surface area contributed by atoms with Crippen molar-refractivity contribution in [2.24, 2.45) is 11.3 Å². The van der Waals surface area contributed by atoms with Gasteiger partial charge in [0.05, 0.1) is 6.10 Å². The maximum Gasteiger partial charge on any atom is 0.323 e. The summed E-state index contributed by atoms with van der Waals surface area (Å²) in [4.78, 5) is 14.1. The van der Waals surface area contributed by atoms with Crippen molar-refractivity contribution in [1.29, 1.82) is 0 Å². The van der Waals surface area contributed by atoms with E-state index in [1.165, 1.54) is 11.3 Å². The molecule has 2 aliphatic rings. The zero-order valence-corrected chi connectivity index (χ0v) is 12.1. The van der Waals surface area contributed by atoms with Crippen LogP contribution >= 0.6 is 11.3 Å². The Hall–Kier alpha value is -1.21. The van der Waals surface area contributed by atoms with Gasteiger partial charge in [-0.2, -0.15) is 0 Å². The van der Waals surface area contributed by atoms with E-state index in [0.717, 1.165) is 11.4 Å². The predicted octanol–water partition coefficient (Wildman–Crippen LogP) is 1.47. The number of aliphatic hydroxyl groups is 1. The smallest absolute Gasteiger partial charge is 0.323 e. The van der Waals surface area contributed by atoms with Crippen molar-refractivity contribution in [3.63, 3.8) is 0 Å². The van der Waals surface area contributed by atoms with E-state index < -0.39 is 0 Å². The van der Waals surface area contributed by atoms with Gasteiger partial charge in [0.15, 0.2) is 0 Å². The van der Waals surface area contributed by atoms with Crippen molar-refractivity contribution in [1.82, 2.24) is 15.1 Å². The number of rotatable bonds is 1. The molecule has 2 N–H and O–H groups in total. The molecule has 2 fully saturated rings. The van der Waals surface area contributed by atoms with Gasteiger partial charge in [0.2, 0.25) is 5.13 Å². The van der Waals surface area contributed by atoms with Crippen LogP contribution in [0, 0.1) is 18.3 Å². The Bertz CT molecular complexity index is 516. The molecule has 1 saturated carbocycles. The number of hydrogen-bond acceptors (Lipinski definition) is 5. The molecule has 7 heteroatoms. The maximum atomic E-state index is 12.3. The second-order valence-electron chi connectivity index (χ2n) is 5.91. The van der Waals surface area contributed by atoms with Crippen LogP contribution in [0.15, 0.2) is 0 Å². The van der Waals surface area contributed by atoms with Crippen LogP contribution in [0.4, 0.5) is 9.93 Å². The Morgan fingerprint density at radius 2 is 2.26 bits per heavy atom. The van der Waals surface area contributed by atoms with Crippen LogP contribution in [0.1, 0.15) is 25.3 Å². The molecule has 1 aromatic rings. The minimum Gasteiger partial charge on any atom is -0.392 e. The molecule has 6 nitrogen and oxygen atoms in total. The Morgan fingerprint density at radius 1 is 1.53 bits per heavy atom. The number of amides is 2. The van der Waals surface area contributed by atoms with Gasteiger partial charge in [-0.25, -0.2) is 4.79 Å². The summed E-state index contributed by atoms with van der Waals surface area (Å²) in [5.74, 6) is 0.219. The highest BCUT2D eigenvalue weighted by molar-refractivity contribution is 7.15. The second kappa shape index (κ2) is 4.14. The summed E-state index contributed by atoms with van der Waals surface area (Å²) < 4.78 is 0. The van der Waals surface area contributed by atoms with E-state index in [4.69, 9.17) is 0 Å². The Labute approximate surface area is 115 Å². The summed E-state index contributed by atoms with van der Waals surface area (Å²) in [6.07, 6.45) is 0.566. The molecule has 2 amide bonds. The molecule has 1 aliphatic heterocycles. The van der Waals surface area contributed by atoms with Crippen LogP contribution in [0.25, 0.3) is 0 Å². The molecule has 2 heterocycles. The van der Waals surface area contributed by atoms with Crippen molar-refractivity contribution in [3.05, 3.63) is 5.01 Å². The van der Waals surface area contributed by atoms with Crippen molar-refractivity contribution in [3.8, 4) is 0 Å². The first-order valence-corrected chi connectivity index (χ1v) is 7.28. The lowest BCUT2D eigenvalue weighted by atomic mass is 9.58. The van der Waals surface area contributed by atoms with Gasteiger partial charge >= 0.3 is 6.03 Å². The number of nitrogens with one attached hydrogen (secondary N) is 1. The van der Waals surface area contributed by atoms with Crippen molar-refractivity contribution in [2.45, 2.75) is 39.3 Å². The van der Waals surface area contributed by atoms with E-state index in [1.54, 1.807) is 0 Å². The van der Waals surface area contributed by atoms with Crippen molar-refractivity contribution >= 4 is 22.5 Å². The standard InChI is InChI=1S/C12H18N4O2S/c1-6-14-15-10(19-6)13-11(18)16-5-4-7-8(16)12(2,3)9(7)17/h7-9,17H,4-5H2,1-3H3,(H,13,15,18)/t7-,8+,9+/m0/s1. The predicted molar refractivity (Wildman–Crippen MR) is 72.1 cm³/mol. The van der Waals surface area contributed by atoms with E-state index in [0.29, 0.717) is 11.7 Å². The number of carbonyl (C=O) groups excluding carboxylic acids is 1. The van der Waals surface area contributed by atoms with Crippen LogP contribution in [-0.2, 0) is 0 Å². The highest BCUT2D eigenvalue weighted by Crippen LogP contribution is 2.53. The number of carbonyl (C=O) groups is 1. The van der Waals surface area contributed by atoms with Crippen LogP contribution in [-0.4, -0.2) is 44.9 Å². The monoisotopic (exact) mass is 282 g/mol. The molecule has 3 rings (SSSR count). The van der Waals surface area contributed by atoms with Crippen molar-refractivity contribution < 1.29 is 9.90 Å². The highest BCUT2D eigenvalue weighted by Gasteiger charge is 2.61. The third-order valence-electron chi connectivity index (χ3n) is 4.38. The fraction of sp³-hybridized carbons (Fsp3) is 0.750. The minimum atomic E-state index is -0.306. The summed E-state index contributed by atoms with van der Waals surface area (Å²) in [7, 11) is 0. The molecule has 0 bridgehead atoms. The maximum absolute atomic E-state index is 12.3. The lowest BCUT2D eigenvalue weighted by Gasteiger charge is -2.55. The largest absolute Gasteiger partial charge is 0.392 e. The van der Waals surface area contributed by atoms with Crippen LogP contribution in [0.2, 0.25) is 0 Å². The molecule has 104 valence electrons. The summed E-state index contributed by atoms with van der Waals surface area (Å²) in [6.45, 7) is 6.57. The number of urea groups is 1. The van der Waals surface area contributed by atoms with E-state index in [9.17, 15) is 9.90 Å². The summed E-state index contributed by atoms with van der Waals surface area (Å²) in [5, 5.41) is 22.0. The number of hydrogen-bond donors (Lipinski definition) is 2. The Kier molecular flexibility index (Phi) is 2.79. The molecule has 0 radical (unpaired) electrons. The van der Waals surface area contributed by atoms with Gasteiger partial charge in [0.1, 0.15) is 5.01 Å². The molecule has 0 spiro atoms. The number of anilines is 1. The van der Waals surface area contributed by atoms with Gasteiger partial charge in [0.25, 0.3) is 0 Å². The van der Waals surface area contributed by atoms with Crippen LogP contribution in [0.5, 0.6) is 0 Å². The van der Waals surface area contributed by atoms with Gasteiger partial charge < -0.3 is 10.0 Å². The van der Waals surface area contributed by atoms with E-state index in [1.807, 2.05) is 25.7 Å². The number of fused-ring (bicyclic) bond motifs is 1. The molecule has 1 saturated heterocycles. The fourth-order valence-electron chi connectivity index (χ4n) is 3.45. The molecule has 0 unspecified atom stereocenters. The summed E-state index contributed by atoms with van der Waals surface area (Å²) >= 11 is 1.37. The lowest BCUT2D eigenvalue weighted by Crippen LogP contribution is -2.65. The first kappa shape index (κ1) is 12.8. The molecule has 1 aromatic heterocycles. The first-order valence-electron chi connectivity index (χ1n) is 6.47. The topological polar surface area (TPSA) is 78.4 Å². The molecule has 0 aromatic carbocycles. The number of aliphatic hydroxyl groups excluding tert-OH is 1. The molecular weight excluding hydrogens is 264 g/mol.